The van der Waals surface area contributed by atoms with Crippen molar-refractivity contribution in [2.75, 3.05) is 12.3 Å². The van der Waals surface area contributed by atoms with Gasteiger partial charge in [-0.05, 0) is 50.1 Å². The Hall–Kier alpha value is -3.32. The van der Waals surface area contributed by atoms with Crippen LogP contribution in [-0.4, -0.2) is 11.6 Å². The number of anilines is 1. The average Bonchev–Trinajstić information content (AvgIpc) is 2.62. The number of ether oxygens (including phenoxy) is 1. The van der Waals surface area contributed by atoms with Crippen LogP contribution in [0.4, 0.5) is 5.82 Å². The quantitative estimate of drug-likeness (QED) is 0.732. The number of aromatic nitrogens is 1. The van der Waals surface area contributed by atoms with Crippen LogP contribution < -0.4 is 10.5 Å². The third-order valence-corrected chi connectivity index (χ3v) is 4.29. The summed E-state index contributed by atoms with van der Waals surface area (Å²) in [5, 5.41) is 9.56. The molecule has 1 aromatic heterocycles. The number of hydrogen-bond acceptors (Lipinski definition) is 4. The van der Waals surface area contributed by atoms with E-state index in [2.05, 4.69) is 37.0 Å². The third kappa shape index (κ3) is 3.38. The van der Waals surface area contributed by atoms with E-state index >= 15 is 0 Å². The Morgan fingerprint density at radius 3 is 2.38 bits per heavy atom. The number of benzene rings is 2. The summed E-state index contributed by atoms with van der Waals surface area (Å²) in [6, 6.07) is 18.0. The molecule has 0 saturated heterocycles. The van der Waals surface area contributed by atoms with Gasteiger partial charge in [-0.2, -0.15) is 5.26 Å². The van der Waals surface area contributed by atoms with Crippen molar-refractivity contribution >= 4 is 5.82 Å². The van der Waals surface area contributed by atoms with Crippen molar-refractivity contribution in [3.8, 4) is 34.2 Å². The number of nitriles is 1. The van der Waals surface area contributed by atoms with E-state index in [0.29, 0.717) is 12.2 Å². The van der Waals surface area contributed by atoms with E-state index in [0.717, 1.165) is 33.7 Å². The Balaban J connectivity index is 2.15. The smallest absolute Gasteiger partial charge is 0.142 e. The fraction of sp³-hybridized carbons (Fsp3) is 0.182. The molecule has 0 bridgehead atoms. The van der Waals surface area contributed by atoms with Crippen LogP contribution in [0.1, 0.15) is 23.6 Å². The number of nitrogen functional groups attached to an aromatic ring is 1. The molecule has 130 valence electrons. The molecule has 0 saturated carbocycles. The molecular formula is C22H21N3O. The summed E-state index contributed by atoms with van der Waals surface area (Å²) < 4.78 is 5.49. The molecule has 0 aliphatic rings. The summed E-state index contributed by atoms with van der Waals surface area (Å²) in [6.45, 7) is 6.67. The van der Waals surface area contributed by atoms with E-state index in [4.69, 9.17) is 10.5 Å². The second-order valence-electron chi connectivity index (χ2n) is 6.20. The minimum Gasteiger partial charge on any atom is -0.494 e. The predicted octanol–water partition coefficient (Wildman–Crippen LogP) is 4.89. The van der Waals surface area contributed by atoms with Crippen LogP contribution in [0.15, 0.2) is 48.5 Å². The standard InChI is InChI=1S/C22H21N3O/c1-4-26-17-8-6-16(7-9-17)19-12-21(25-22(24)20(19)13-23)18-10-5-14(2)11-15(18)3/h5-12H,4H2,1-3H3,(H2,24,25). The normalized spacial score (nSPS) is 10.4. The highest BCUT2D eigenvalue weighted by atomic mass is 16.5. The van der Waals surface area contributed by atoms with E-state index < -0.39 is 0 Å². The van der Waals surface area contributed by atoms with Crippen LogP contribution in [0.2, 0.25) is 0 Å². The van der Waals surface area contributed by atoms with Gasteiger partial charge in [-0.3, -0.25) is 0 Å². The monoisotopic (exact) mass is 343 g/mol. The Bertz CT molecular complexity index is 986. The van der Waals surface area contributed by atoms with Crippen LogP contribution in [0.25, 0.3) is 22.4 Å². The Labute approximate surface area is 153 Å². The summed E-state index contributed by atoms with van der Waals surface area (Å²) in [6.07, 6.45) is 0. The molecule has 26 heavy (non-hydrogen) atoms. The van der Waals surface area contributed by atoms with Crippen LogP contribution in [0.5, 0.6) is 5.75 Å². The molecule has 0 radical (unpaired) electrons. The minimum absolute atomic E-state index is 0.244. The summed E-state index contributed by atoms with van der Waals surface area (Å²) in [5.41, 5.74) is 12.3. The fourth-order valence-corrected chi connectivity index (χ4v) is 3.05. The third-order valence-electron chi connectivity index (χ3n) is 4.29. The van der Waals surface area contributed by atoms with Crippen LogP contribution in [0.3, 0.4) is 0 Å². The predicted molar refractivity (Wildman–Crippen MR) is 105 cm³/mol. The number of nitrogens with zero attached hydrogens (tertiary/aromatic N) is 2. The molecule has 0 unspecified atom stereocenters. The van der Waals surface area contributed by atoms with Gasteiger partial charge in [0, 0.05) is 11.1 Å². The lowest BCUT2D eigenvalue weighted by Crippen LogP contribution is -2.00. The molecule has 4 nitrogen and oxygen atoms in total. The molecule has 2 N–H and O–H groups in total. The molecule has 0 atom stereocenters. The van der Waals surface area contributed by atoms with E-state index in [9.17, 15) is 5.26 Å². The van der Waals surface area contributed by atoms with Crippen molar-refractivity contribution in [1.82, 2.24) is 4.98 Å². The molecule has 2 aromatic carbocycles. The Morgan fingerprint density at radius 1 is 1.04 bits per heavy atom. The maximum Gasteiger partial charge on any atom is 0.142 e. The van der Waals surface area contributed by atoms with Gasteiger partial charge in [-0.1, -0.05) is 35.9 Å². The van der Waals surface area contributed by atoms with Crippen molar-refractivity contribution in [2.24, 2.45) is 0 Å². The lowest BCUT2D eigenvalue weighted by molar-refractivity contribution is 0.340. The summed E-state index contributed by atoms with van der Waals surface area (Å²) >= 11 is 0. The van der Waals surface area contributed by atoms with Gasteiger partial charge in [-0.25, -0.2) is 4.98 Å². The molecule has 4 heteroatoms. The average molecular weight is 343 g/mol. The zero-order valence-electron chi connectivity index (χ0n) is 15.2. The second-order valence-corrected chi connectivity index (χ2v) is 6.20. The molecule has 1 heterocycles. The first-order valence-corrected chi connectivity index (χ1v) is 8.55. The van der Waals surface area contributed by atoms with E-state index in [-0.39, 0.29) is 5.82 Å². The van der Waals surface area contributed by atoms with Crippen LogP contribution in [-0.2, 0) is 0 Å². The van der Waals surface area contributed by atoms with E-state index in [1.165, 1.54) is 5.56 Å². The van der Waals surface area contributed by atoms with Gasteiger partial charge in [0.25, 0.3) is 0 Å². The van der Waals surface area contributed by atoms with Crippen molar-refractivity contribution in [1.29, 1.82) is 5.26 Å². The molecule has 0 amide bonds. The van der Waals surface area contributed by atoms with Gasteiger partial charge >= 0.3 is 0 Å². The molecule has 3 aromatic rings. The molecular weight excluding hydrogens is 322 g/mol. The van der Waals surface area contributed by atoms with Gasteiger partial charge in [0.05, 0.1) is 12.3 Å². The maximum absolute atomic E-state index is 9.56. The molecule has 0 aliphatic carbocycles. The first kappa shape index (κ1) is 17.5. The fourth-order valence-electron chi connectivity index (χ4n) is 3.05. The van der Waals surface area contributed by atoms with Crippen LogP contribution in [0, 0.1) is 25.2 Å². The first-order chi connectivity index (χ1) is 12.5. The SMILES string of the molecule is CCOc1ccc(-c2cc(-c3ccc(C)cc3C)nc(N)c2C#N)cc1. The van der Waals surface area contributed by atoms with Crippen molar-refractivity contribution < 1.29 is 4.74 Å². The van der Waals surface area contributed by atoms with E-state index in [1.807, 2.05) is 43.3 Å². The highest BCUT2D eigenvalue weighted by Gasteiger charge is 2.14. The van der Waals surface area contributed by atoms with Gasteiger partial charge in [0.1, 0.15) is 23.2 Å². The maximum atomic E-state index is 9.56. The molecule has 0 spiro atoms. The number of nitrogens with two attached hydrogens (primary N) is 1. The topological polar surface area (TPSA) is 71.9 Å². The number of aryl methyl sites for hydroxylation is 2. The Kier molecular flexibility index (Phi) is 4.90. The van der Waals surface area contributed by atoms with Gasteiger partial charge < -0.3 is 10.5 Å². The second kappa shape index (κ2) is 7.28. The lowest BCUT2D eigenvalue weighted by atomic mass is 9.96. The number of rotatable bonds is 4. The lowest BCUT2D eigenvalue weighted by Gasteiger charge is -2.12. The summed E-state index contributed by atoms with van der Waals surface area (Å²) in [7, 11) is 0. The van der Waals surface area contributed by atoms with Crippen LogP contribution >= 0.6 is 0 Å². The molecule has 0 fully saturated rings. The summed E-state index contributed by atoms with van der Waals surface area (Å²) in [5.74, 6) is 1.04. The molecule has 0 aliphatic heterocycles. The van der Waals surface area contributed by atoms with Crippen molar-refractivity contribution in [3.63, 3.8) is 0 Å². The summed E-state index contributed by atoms with van der Waals surface area (Å²) in [4.78, 5) is 4.47. The molecule has 3 rings (SSSR count). The Morgan fingerprint density at radius 2 is 1.77 bits per heavy atom. The van der Waals surface area contributed by atoms with Crippen molar-refractivity contribution in [3.05, 3.63) is 65.2 Å². The largest absolute Gasteiger partial charge is 0.494 e. The van der Waals surface area contributed by atoms with Gasteiger partial charge in [0.15, 0.2) is 0 Å². The zero-order chi connectivity index (χ0) is 18.7. The minimum atomic E-state index is 0.244. The number of hydrogen-bond donors (Lipinski definition) is 1. The van der Waals surface area contributed by atoms with E-state index in [1.54, 1.807) is 0 Å². The zero-order valence-corrected chi connectivity index (χ0v) is 15.2. The van der Waals surface area contributed by atoms with Gasteiger partial charge in [-0.15, -0.1) is 0 Å². The highest BCUT2D eigenvalue weighted by Crippen LogP contribution is 2.33. The highest BCUT2D eigenvalue weighted by molar-refractivity contribution is 5.81. The van der Waals surface area contributed by atoms with Crippen molar-refractivity contribution in [2.45, 2.75) is 20.8 Å². The van der Waals surface area contributed by atoms with Gasteiger partial charge in [0.2, 0.25) is 0 Å². The first-order valence-electron chi connectivity index (χ1n) is 8.55. The number of pyridine rings is 1.